The zero-order valence-electron chi connectivity index (χ0n) is 17.6. The number of aryl methyl sites for hydroxylation is 4. The normalized spacial score (nSPS) is 13.9. The quantitative estimate of drug-likeness (QED) is 0.608. The van der Waals surface area contributed by atoms with Gasteiger partial charge in [0, 0.05) is 5.69 Å². The number of benzene rings is 3. The van der Waals surface area contributed by atoms with Crippen molar-refractivity contribution in [1.82, 2.24) is 0 Å². The van der Waals surface area contributed by atoms with E-state index in [1.54, 1.807) is 0 Å². The zero-order valence-corrected chi connectivity index (χ0v) is 17.6. The molecule has 0 fully saturated rings. The van der Waals surface area contributed by atoms with Crippen LogP contribution < -0.4 is 10.2 Å². The predicted molar refractivity (Wildman–Crippen MR) is 121 cm³/mol. The molecule has 0 saturated heterocycles. The number of carbonyl (C=O) groups excluding carboxylic acids is 2. The zero-order chi connectivity index (χ0) is 21.4. The van der Waals surface area contributed by atoms with Crippen LogP contribution in [0.4, 0.5) is 11.4 Å². The molecule has 0 unspecified atom stereocenters. The van der Waals surface area contributed by atoms with Gasteiger partial charge in [-0.05, 0) is 62.1 Å². The predicted octanol–water partition coefficient (Wildman–Crippen LogP) is 5.32. The Kier molecular flexibility index (Phi) is 5.00. The minimum absolute atomic E-state index is 0.305. The van der Waals surface area contributed by atoms with E-state index in [0.717, 1.165) is 33.5 Å². The fraction of sp³-hybridized carbons (Fsp3) is 0.154. The molecule has 1 aliphatic heterocycles. The molecule has 0 spiro atoms. The van der Waals surface area contributed by atoms with Crippen LogP contribution in [-0.2, 0) is 9.59 Å². The van der Waals surface area contributed by atoms with Gasteiger partial charge in [0.25, 0.3) is 11.8 Å². The van der Waals surface area contributed by atoms with Crippen LogP contribution in [0.3, 0.4) is 0 Å². The number of rotatable bonds is 4. The first-order chi connectivity index (χ1) is 14.4. The summed E-state index contributed by atoms with van der Waals surface area (Å²) in [7, 11) is 0. The molecule has 2 amide bonds. The van der Waals surface area contributed by atoms with Crippen LogP contribution in [0, 0.1) is 27.7 Å². The van der Waals surface area contributed by atoms with Crippen molar-refractivity contribution in [3.63, 3.8) is 0 Å². The molecule has 0 bridgehead atoms. The molecule has 30 heavy (non-hydrogen) atoms. The molecular weight excluding hydrogens is 372 g/mol. The Labute approximate surface area is 176 Å². The standard InChI is InChI=1S/C26H24N2O2/c1-16-11-13-22(19(4)14-16)28-25(29)23(20-8-6-5-7-9-20)24(26(28)30)27-21-15-17(2)10-12-18(21)3/h5-15,27H,1-4H3. The first kappa shape index (κ1) is 19.6. The number of nitrogens with zero attached hydrogens (tertiary/aromatic N) is 1. The van der Waals surface area contributed by atoms with Crippen molar-refractivity contribution in [3.8, 4) is 0 Å². The smallest absolute Gasteiger partial charge is 0.282 e. The Balaban J connectivity index is 1.86. The summed E-state index contributed by atoms with van der Waals surface area (Å²) in [4.78, 5) is 28.3. The van der Waals surface area contributed by atoms with Crippen molar-refractivity contribution in [2.45, 2.75) is 27.7 Å². The molecule has 0 aliphatic carbocycles. The second-order valence-corrected chi connectivity index (χ2v) is 7.80. The molecule has 1 heterocycles. The topological polar surface area (TPSA) is 49.4 Å². The molecule has 0 aromatic heterocycles. The van der Waals surface area contributed by atoms with Gasteiger partial charge in [0.2, 0.25) is 0 Å². The van der Waals surface area contributed by atoms with Gasteiger partial charge in [0.15, 0.2) is 0 Å². The minimum atomic E-state index is -0.341. The summed E-state index contributed by atoms with van der Waals surface area (Å²) in [6.45, 7) is 7.89. The number of hydrogen-bond acceptors (Lipinski definition) is 3. The maximum atomic E-state index is 13.5. The van der Waals surface area contributed by atoms with Crippen molar-refractivity contribution in [2.75, 3.05) is 10.2 Å². The first-order valence-electron chi connectivity index (χ1n) is 9.97. The second-order valence-electron chi connectivity index (χ2n) is 7.80. The highest BCUT2D eigenvalue weighted by Gasteiger charge is 2.40. The number of anilines is 2. The number of imide groups is 1. The lowest BCUT2D eigenvalue weighted by Crippen LogP contribution is -2.33. The summed E-state index contributed by atoms with van der Waals surface area (Å²) in [5.41, 5.74) is 6.90. The SMILES string of the molecule is Cc1ccc(N2C(=O)C(Nc3cc(C)ccc3C)=C(c3ccccc3)C2=O)c(C)c1. The Morgan fingerprint density at radius 2 is 1.37 bits per heavy atom. The highest BCUT2D eigenvalue weighted by atomic mass is 16.2. The highest BCUT2D eigenvalue weighted by Crippen LogP contribution is 2.35. The van der Waals surface area contributed by atoms with E-state index in [-0.39, 0.29) is 11.8 Å². The van der Waals surface area contributed by atoms with Gasteiger partial charge in [-0.25, -0.2) is 4.90 Å². The van der Waals surface area contributed by atoms with Crippen molar-refractivity contribution in [2.24, 2.45) is 0 Å². The maximum absolute atomic E-state index is 13.5. The third-order valence-electron chi connectivity index (χ3n) is 5.39. The summed E-state index contributed by atoms with van der Waals surface area (Å²) in [5, 5.41) is 3.28. The van der Waals surface area contributed by atoms with Crippen molar-refractivity contribution < 1.29 is 9.59 Å². The fourth-order valence-corrected chi connectivity index (χ4v) is 3.80. The van der Waals surface area contributed by atoms with Crippen LogP contribution in [0.15, 0.2) is 72.4 Å². The Hall–Kier alpha value is -3.66. The highest BCUT2D eigenvalue weighted by molar-refractivity contribution is 6.46. The Morgan fingerprint density at radius 3 is 2.07 bits per heavy atom. The Morgan fingerprint density at radius 1 is 0.700 bits per heavy atom. The minimum Gasteiger partial charge on any atom is -0.350 e. The van der Waals surface area contributed by atoms with E-state index < -0.39 is 0 Å². The van der Waals surface area contributed by atoms with Gasteiger partial charge < -0.3 is 5.32 Å². The van der Waals surface area contributed by atoms with Crippen LogP contribution in [-0.4, -0.2) is 11.8 Å². The van der Waals surface area contributed by atoms with Crippen molar-refractivity contribution in [3.05, 3.63) is 100 Å². The molecule has 0 saturated carbocycles. The monoisotopic (exact) mass is 396 g/mol. The van der Waals surface area contributed by atoms with Crippen molar-refractivity contribution >= 4 is 28.8 Å². The molecule has 1 N–H and O–H groups in total. The lowest BCUT2D eigenvalue weighted by molar-refractivity contribution is -0.120. The van der Waals surface area contributed by atoms with E-state index in [9.17, 15) is 9.59 Å². The van der Waals surface area contributed by atoms with E-state index in [1.807, 2.05) is 94.4 Å². The fourth-order valence-electron chi connectivity index (χ4n) is 3.80. The van der Waals surface area contributed by atoms with Crippen LogP contribution >= 0.6 is 0 Å². The van der Waals surface area contributed by atoms with E-state index in [4.69, 9.17) is 0 Å². The molecule has 4 heteroatoms. The summed E-state index contributed by atoms with van der Waals surface area (Å²) < 4.78 is 0. The average molecular weight is 396 g/mol. The summed E-state index contributed by atoms with van der Waals surface area (Å²) >= 11 is 0. The molecule has 3 aromatic carbocycles. The lowest BCUT2D eigenvalue weighted by Gasteiger charge is -2.18. The van der Waals surface area contributed by atoms with Crippen LogP contribution in [0.5, 0.6) is 0 Å². The number of nitrogens with one attached hydrogen (secondary N) is 1. The molecule has 0 radical (unpaired) electrons. The van der Waals surface area contributed by atoms with E-state index >= 15 is 0 Å². The van der Waals surface area contributed by atoms with Gasteiger partial charge in [-0.15, -0.1) is 0 Å². The van der Waals surface area contributed by atoms with Gasteiger partial charge in [-0.1, -0.05) is 60.2 Å². The number of carbonyl (C=O) groups is 2. The van der Waals surface area contributed by atoms with E-state index in [1.165, 1.54) is 4.90 Å². The molecule has 1 aliphatic rings. The molecule has 4 rings (SSSR count). The van der Waals surface area contributed by atoms with Crippen LogP contribution in [0.1, 0.15) is 27.8 Å². The molecule has 3 aromatic rings. The van der Waals surface area contributed by atoms with Gasteiger partial charge in [-0.3, -0.25) is 9.59 Å². The third-order valence-corrected chi connectivity index (χ3v) is 5.39. The van der Waals surface area contributed by atoms with Gasteiger partial charge in [0.1, 0.15) is 5.70 Å². The van der Waals surface area contributed by atoms with Crippen LogP contribution in [0.2, 0.25) is 0 Å². The lowest BCUT2D eigenvalue weighted by atomic mass is 10.0. The maximum Gasteiger partial charge on any atom is 0.282 e. The molecule has 150 valence electrons. The molecular formula is C26H24N2O2. The number of hydrogen-bond donors (Lipinski definition) is 1. The summed E-state index contributed by atoms with van der Waals surface area (Å²) in [6, 6.07) is 21.1. The van der Waals surface area contributed by atoms with Crippen molar-refractivity contribution in [1.29, 1.82) is 0 Å². The molecule has 0 atom stereocenters. The Bertz CT molecular complexity index is 1190. The van der Waals surface area contributed by atoms with Crippen LogP contribution in [0.25, 0.3) is 5.57 Å². The van der Waals surface area contributed by atoms with Gasteiger partial charge in [0.05, 0.1) is 11.3 Å². The summed E-state index contributed by atoms with van der Waals surface area (Å²) in [5.74, 6) is -0.655. The molecule has 4 nitrogen and oxygen atoms in total. The van der Waals surface area contributed by atoms with E-state index in [0.29, 0.717) is 17.0 Å². The number of amides is 2. The summed E-state index contributed by atoms with van der Waals surface area (Å²) in [6.07, 6.45) is 0. The third kappa shape index (κ3) is 3.41. The first-order valence-corrected chi connectivity index (χ1v) is 9.97. The van der Waals surface area contributed by atoms with Gasteiger partial charge in [-0.2, -0.15) is 0 Å². The van der Waals surface area contributed by atoms with E-state index in [2.05, 4.69) is 5.32 Å². The second kappa shape index (κ2) is 7.64. The van der Waals surface area contributed by atoms with Gasteiger partial charge >= 0.3 is 0 Å². The largest absolute Gasteiger partial charge is 0.350 e. The average Bonchev–Trinajstić information content (AvgIpc) is 2.95.